The van der Waals surface area contributed by atoms with Crippen LogP contribution in [0.1, 0.15) is 15.9 Å². The average Bonchev–Trinajstić information content (AvgIpc) is 2.54. The van der Waals surface area contributed by atoms with E-state index in [1.807, 2.05) is 6.07 Å². The van der Waals surface area contributed by atoms with Crippen LogP contribution in [0.2, 0.25) is 0 Å². The molecule has 0 saturated heterocycles. The number of nitriles is 1. The summed E-state index contributed by atoms with van der Waals surface area (Å²) in [6.07, 6.45) is 0.588. The summed E-state index contributed by atoms with van der Waals surface area (Å²) in [5.74, 6) is 0.211. The molecular formula is C14H7NO4S. The van der Waals surface area contributed by atoms with Crippen LogP contribution in [0.15, 0.2) is 46.2 Å². The summed E-state index contributed by atoms with van der Waals surface area (Å²) in [4.78, 5) is 10.8. The van der Waals surface area contributed by atoms with Gasteiger partial charge in [-0.05, 0) is 24.3 Å². The fraction of sp³-hybridized carbons (Fsp3) is 0. The lowest BCUT2D eigenvalue weighted by atomic mass is 10.2. The Morgan fingerprint density at radius 2 is 1.95 bits per heavy atom. The van der Waals surface area contributed by atoms with Gasteiger partial charge in [-0.2, -0.15) is 5.26 Å². The lowest BCUT2D eigenvalue weighted by Gasteiger charge is -2.08. The van der Waals surface area contributed by atoms with Crippen LogP contribution < -0.4 is 4.74 Å². The van der Waals surface area contributed by atoms with Gasteiger partial charge in [0.25, 0.3) is 0 Å². The number of hydrogen-bond donors (Lipinski definition) is 0. The molecule has 0 N–H and O–H groups in total. The van der Waals surface area contributed by atoms with E-state index >= 15 is 0 Å². The summed E-state index contributed by atoms with van der Waals surface area (Å²) >= 11 is 0. The summed E-state index contributed by atoms with van der Waals surface area (Å²) in [6.45, 7) is 0. The zero-order valence-corrected chi connectivity index (χ0v) is 10.8. The molecule has 1 aliphatic rings. The van der Waals surface area contributed by atoms with Crippen molar-refractivity contribution in [2.24, 2.45) is 0 Å². The van der Waals surface area contributed by atoms with Crippen molar-refractivity contribution in [1.82, 2.24) is 0 Å². The molecule has 0 radical (unpaired) electrons. The van der Waals surface area contributed by atoms with Crippen molar-refractivity contribution in [2.75, 3.05) is 0 Å². The number of ether oxygens (including phenoxy) is 1. The van der Waals surface area contributed by atoms with Crippen LogP contribution in [-0.4, -0.2) is 14.7 Å². The summed E-state index contributed by atoms with van der Waals surface area (Å²) in [6, 6.07) is 10.2. The van der Waals surface area contributed by atoms with Crippen molar-refractivity contribution in [2.45, 2.75) is 9.79 Å². The van der Waals surface area contributed by atoms with Crippen molar-refractivity contribution in [3.63, 3.8) is 0 Å². The SMILES string of the molecule is N#Cc1cccc2c1S(=O)(=O)c1ccc(C=O)c(c1)O2. The van der Waals surface area contributed by atoms with E-state index in [9.17, 15) is 13.2 Å². The minimum absolute atomic E-state index is 0.000417. The summed E-state index contributed by atoms with van der Waals surface area (Å²) in [5.41, 5.74) is 0.261. The second-order valence-electron chi connectivity index (χ2n) is 4.17. The number of fused-ring (bicyclic) bond motifs is 3. The summed E-state index contributed by atoms with van der Waals surface area (Å²) < 4.78 is 30.6. The van der Waals surface area contributed by atoms with Crippen LogP contribution in [0.25, 0.3) is 0 Å². The van der Waals surface area contributed by atoms with Crippen molar-refractivity contribution < 1.29 is 17.9 Å². The maximum Gasteiger partial charge on any atom is 0.211 e. The third kappa shape index (κ3) is 1.61. The van der Waals surface area contributed by atoms with Gasteiger partial charge in [0.15, 0.2) is 6.29 Å². The molecule has 5 nitrogen and oxygen atoms in total. The fourth-order valence-corrected chi connectivity index (χ4v) is 3.59. The van der Waals surface area contributed by atoms with Crippen molar-refractivity contribution in [3.05, 3.63) is 47.5 Å². The zero-order chi connectivity index (χ0) is 14.3. The van der Waals surface area contributed by atoms with Gasteiger partial charge in [0.2, 0.25) is 9.84 Å². The largest absolute Gasteiger partial charge is 0.455 e. The van der Waals surface area contributed by atoms with Crippen LogP contribution in [0.4, 0.5) is 0 Å². The van der Waals surface area contributed by atoms with Crippen molar-refractivity contribution >= 4 is 16.1 Å². The molecule has 2 bridgehead atoms. The first-order chi connectivity index (χ1) is 9.57. The Labute approximate surface area is 115 Å². The minimum Gasteiger partial charge on any atom is -0.455 e. The zero-order valence-electron chi connectivity index (χ0n) is 10.0. The standard InChI is InChI=1S/C14H7NO4S/c15-7-9-2-1-3-12-14(9)20(17,18)11-5-4-10(8-16)13(6-11)19-12/h1-6,8H. The molecule has 3 rings (SSSR count). The van der Waals surface area contributed by atoms with E-state index in [1.165, 1.54) is 36.4 Å². The normalized spacial score (nSPS) is 14.3. The molecule has 0 atom stereocenters. The average molecular weight is 285 g/mol. The third-order valence-electron chi connectivity index (χ3n) is 3.01. The van der Waals surface area contributed by atoms with E-state index in [2.05, 4.69) is 0 Å². The number of nitrogens with zero attached hydrogens (tertiary/aromatic N) is 1. The molecule has 1 aliphatic heterocycles. The molecule has 0 saturated carbocycles. The van der Waals surface area contributed by atoms with Gasteiger partial charge in [-0.15, -0.1) is 0 Å². The molecule has 2 aromatic rings. The summed E-state index contributed by atoms with van der Waals surface area (Å²) in [5, 5.41) is 9.08. The molecule has 6 heteroatoms. The Morgan fingerprint density at radius 3 is 2.65 bits per heavy atom. The Morgan fingerprint density at radius 1 is 1.15 bits per heavy atom. The maximum absolute atomic E-state index is 12.5. The highest BCUT2D eigenvalue weighted by Crippen LogP contribution is 2.40. The van der Waals surface area contributed by atoms with E-state index in [4.69, 9.17) is 10.00 Å². The van der Waals surface area contributed by atoms with E-state index in [0.717, 1.165) is 0 Å². The third-order valence-corrected chi connectivity index (χ3v) is 4.84. The number of aldehydes is 1. The van der Waals surface area contributed by atoms with Gasteiger partial charge in [-0.3, -0.25) is 4.79 Å². The van der Waals surface area contributed by atoms with Gasteiger partial charge in [0, 0.05) is 6.07 Å². The molecule has 1 heterocycles. The quantitative estimate of drug-likeness (QED) is 0.640. The van der Waals surface area contributed by atoms with Gasteiger partial charge in [-0.25, -0.2) is 8.42 Å². The fourth-order valence-electron chi connectivity index (χ4n) is 2.07. The van der Waals surface area contributed by atoms with Crippen LogP contribution in [0, 0.1) is 11.3 Å². The molecular weight excluding hydrogens is 278 g/mol. The molecule has 0 amide bonds. The number of sulfone groups is 1. The van der Waals surface area contributed by atoms with Crippen LogP contribution >= 0.6 is 0 Å². The highest BCUT2D eigenvalue weighted by atomic mass is 32.2. The smallest absolute Gasteiger partial charge is 0.211 e. The molecule has 0 aliphatic carbocycles. The first kappa shape index (κ1) is 12.4. The van der Waals surface area contributed by atoms with Crippen LogP contribution in [0.3, 0.4) is 0 Å². The monoisotopic (exact) mass is 285 g/mol. The Bertz CT molecular complexity index is 879. The predicted octanol–water partition coefficient (Wildman–Crippen LogP) is 2.31. The minimum atomic E-state index is -3.85. The molecule has 0 spiro atoms. The number of carbonyl (C=O) groups excluding carboxylic acids is 1. The van der Waals surface area contributed by atoms with Gasteiger partial charge >= 0.3 is 0 Å². The number of benzene rings is 2. The second-order valence-corrected chi connectivity index (χ2v) is 6.05. The molecule has 98 valence electrons. The highest BCUT2D eigenvalue weighted by Gasteiger charge is 2.30. The lowest BCUT2D eigenvalue weighted by molar-refractivity contribution is 0.112. The number of carbonyl (C=O) groups is 1. The van der Waals surface area contributed by atoms with E-state index < -0.39 is 9.84 Å². The molecule has 0 unspecified atom stereocenters. The van der Waals surface area contributed by atoms with E-state index in [1.54, 1.807) is 0 Å². The Kier molecular flexibility index (Phi) is 2.59. The van der Waals surface area contributed by atoms with Gasteiger partial charge in [-0.1, -0.05) is 6.07 Å². The van der Waals surface area contributed by atoms with E-state index in [-0.39, 0.29) is 32.4 Å². The Balaban J connectivity index is 2.44. The number of hydrogen-bond acceptors (Lipinski definition) is 5. The molecule has 0 aromatic heterocycles. The molecule has 20 heavy (non-hydrogen) atoms. The molecule has 2 aromatic carbocycles. The van der Waals surface area contributed by atoms with Crippen LogP contribution in [-0.2, 0) is 9.84 Å². The summed E-state index contributed by atoms with van der Waals surface area (Å²) in [7, 11) is -3.85. The Hall–Kier alpha value is -2.65. The van der Waals surface area contributed by atoms with Crippen molar-refractivity contribution in [3.8, 4) is 17.6 Å². The van der Waals surface area contributed by atoms with Gasteiger partial charge in [0.05, 0.1) is 16.0 Å². The van der Waals surface area contributed by atoms with Crippen molar-refractivity contribution in [1.29, 1.82) is 5.26 Å². The van der Waals surface area contributed by atoms with E-state index in [0.29, 0.717) is 6.29 Å². The van der Waals surface area contributed by atoms with Gasteiger partial charge < -0.3 is 4.74 Å². The lowest BCUT2D eigenvalue weighted by Crippen LogP contribution is -2.03. The highest BCUT2D eigenvalue weighted by molar-refractivity contribution is 7.91. The first-order valence-corrected chi connectivity index (χ1v) is 7.11. The topological polar surface area (TPSA) is 84.2 Å². The predicted molar refractivity (Wildman–Crippen MR) is 68.5 cm³/mol. The molecule has 0 fully saturated rings. The first-order valence-electron chi connectivity index (χ1n) is 5.63. The maximum atomic E-state index is 12.5. The van der Waals surface area contributed by atoms with Crippen LogP contribution in [0.5, 0.6) is 11.5 Å². The van der Waals surface area contributed by atoms with Gasteiger partial charge in [0.1, 0.15) is 22.5 Å². The second kappa shape index (κ2) is 4.18. The number of rotatable bonds is 1.